The summed E-state index contributed by atoms with van der Waals surface area (Å²) in [4.78, 5) is 9.64. The number of phenolic OH excluding ortho intramolecular Hbond substituents is 1. The Morgan fingerprint density at radius 3 is 2.71 bits per heavy atom. The Kier molecular flexibility index (Phi) is 6.50. The molecule has 4 aromatic rings. The fourth-order valence-electron chi connectivity index (χ4n) is 5.16. The maximum Gasteiger partial charge on any atom is 0.217 e. The fourth-order valence-corrected chi connectivity index (χ4v) is 6.62. The van der Waals surface area contributed by atoms with Crippen molar-refractivity contribution in [1.29, 1.82) is 0 Å². The summed E-state index contributed by atoms with van der Waals surface area (Å²) in [7, 11) is 0. The van der Waals surface area contributed by atoms with Gasteiger partial charge in [-0.15, -0.1) is 23.8 Å². The number of rotatable bonds is 3. The molecule has 0 saturated heterocycles. The van der Waals surface area contributed by atoms with Gasteiger partial charge in [0.2, 0.25) is 5.88 Å². The third kappa shape index (κ3) is 4.41. The van der Waals surface area contributed by atoms with Gasteiger partial charge in [-0.1, -0.05) is 56.3 Å². The van der Waals surface area contributed by atoms with E-state index in [-0.39, 0.29) is 38.3 Å². The Balaban J connectivity index is 0.00000253. The summed E-state index contributed by atoms with van der Waals surface area (Å²) < 4.78 is 6.03. The number of aryl methyl sites for hydroxylation is 1. The SMILES string of the molecule is CC1(C)c2ccccc2CC[C@@H]2N=C(c3[c-]c(Oc4ccc5cccc(O)c5n4)ccc3)S[C@H]21.[Pt]. The van der Waals surface area contributed by atoms with Gasteiger partial charge in [0.05, 0.1) is 6.04 Å². The maximum atomic E-state index is 10.1. The molecule has 0 unspecified atom stereocenters. The van der Waals surface area contributed by atoms with Crippen LogP contribution in [0.3, 0.4) is 0 Å². The van der Waals surface area contributed by atoms with Gasteiger partial charge in [0, 0.05) is 54.0 Å². The molecule has 180 valence electrons. The number of thioether (sulfide) groups is 1. The standard InChI is InChI=1S/C29H25N2O2S.Pt/c1-29(2)22-11-4-3-7-18(22)13-15-23-27(29)34-28(30-23)20-9-5-10-21(17-20)33-25-16-14-19-8-6-12-24(32)26(19)31-25;/h3-12,14,16,23,27,32H,13,15H2,1-2H3;/q-1;/t23-,27+;/m0./s1. The van der Waals surface area contributed by atoms with E-state index in [0.717, 1.165) is 28.8 Å². The number of hydrogen-bond donors (Lipinski definition) is 1. The van der Waals surface area contributed by atoms with Crippen LogP contribution in [-0.4, -0.2) is 26.4 Å². The Morgan fingerprint density at radius 1 is 1.00 bits per heavy atom. The van der Waals surface area contributed by atoms with Crippen LogP contribution in [0.2, 0.25) is 0 Å². The average molecular weight is 661 g/mol. The van der Waals surface area contributed by atoms with Crippen LogP contribution in [-0.2, 0) is 32.9 Å². The van der Waals surface area contributed by atoms with Gasteiger partial charge >= 0.3 is 0 Å². The molecular weight excluding hydrogens is 635 g/mol. The van der Waals surface area contributed by atoms with Crippen molar-refractivity contribution in [1.82, 2.24) is 4.98 Å². The van der Waals surface area contributed by atoms with Crippen molar-refractivity contribution in [2.75, 3.05) is 0 Å². The molecule has 0 radical (unpaired) electrons. The molecule has 0 spiro atoms. The van der Waals surface area contributed by atoms with Crippen LogP contribution in [0.15, 0.2) is 77.8 Å². The monoisotopic (exact) mass is 660 g/mol. The van der Waals surface area contributed by atoms with Crippen LogP contribution in [0.5, 0.6) is 17.4 Å². The molecule has 35 heavy (non-hydrogen) atoms. The van der Waals surface area contributed by atoms with E-state index in [2.05, 4.69) is 49.2 Å². The number of pyridine rings is 1. The van der Waals surface area contributed by atoms with Crippen molar-refractivity contribution < 1.29 is 30.9 Å². The summed E-state index contributed by atoms with van der Waals surface area (Å²) in [5.41, 5.74) is 4.39. The van der Waals surface area contributed by atoms with Crippen LogP contribution in [0.25, 0.3) is 10.9 Å². The summed E-state index contributed by atoms with van der Waals surface area (Å²) in [5, 5.41) is 12.4. The molecule has 0 saturated carbocycles. The fraction of sp³-hybridized carbons (Fsp3) is 0.241. The zero-order chi connectivity index (χ0) is 23.3. The first-order valence-corrected chi connectivity index (χ1v) is 12.5. The van der Waals surface area contributed by atoms with Gasteiger partial charge in [-0.3, -0.25) is 0 Å². The van der Waals surface area contributed by atoms with E-state index >= 15 is 0 Å². The van der Waals surface area contributed by atoms with Crippen molar-refractivity contribution >= 4 is 27.7 Å². The van der Waals surface area contributed by atoms with E-state index in [1.54, 1.807) is 12.1 Å². The number of aromatic nitrogens is 1. The molecule has 1 aliphatic heterocycles. The van der Waals surface area contributed by atoms with Gasteiger partial charge in [-0.25, -0.2) is 4.98 Å². The van der Waals surface area contributed by atoms with Crippen LogP contribution in [0.4, 0.5) is 0 Å². The summed E-state index contributed by atoms with van der Waals surface area (Å²) in [6, 6.07) is 27.5. The average Bonchev–Trinajstić information content (AvgIpc) is 3.25. The normalized spacial score (nSPS) is 20.2. The first kappa shape index (κ1) is 24.1. The van der Waals surface area contributed by atoms with Gasteiger partial charge in [-0.2, -0.15) is 11.8 Å². The molecule has 2 aliphatic rings. The van der Waals surface area contributed by atoms with Gasteiger partial charge in [-0.05, 0) is 36.1 Å². The molecule has 0 fully saturated rings. The minimum absolute atomic E-state index is 0. The molecule has 0 amide bonds. The Bertz CT molecular complexity index is 1440. The van der Waals surface area contributed by atoms with Crippen molar-refractivity contribution in [3.63, 3.8) is 0 Å². The number of ether oxygens (including phenoxy) is 1. The van der Waals surface area contributed by atoms with Crippen LogP contribution >= 0.6 is 11.8 Å². The molecule has 6 rings (SSSR count). The Morgan fingerprint density at radius 2 is 1.83 bits per heavy atom. The van der Waals surface area contributed by atoms with Gasteiger partial charge < -0.3 is 14.8 Å². The van der Waals surface area contributed by atoms with Crippen molar-refractivity contribution in [2.45, 2.75) is 43.4 Å². The van der Waals surface area contributed by atoms with E-state index in [0.29, 0.717) is 22.4 Å². The quantitative estimate of drug-likeness (QED) is 0.249. The number of para-hydroxylation sites is 1. The molecular formula is C29H25N2O2PtS-. The summed E-state index contributed by atoms with van der Waals surface area (Å²) in [5.74, 6) is 1.14. The third-order valence-electron chi connectivity index (χ3n) is 6.89. The Hall–Kier alpha value is -2.62. The molecule has 1 aromatic heterocycles. The van der Waals surface area contributed by atoms with Crippen molar-refractivity contribution in [3.05, 3.63) is 95.6 Å². The largest absolute Gasteiger partial charge is 0.506 e. The molecule has 1 N–H and O–H groups in total. The molecule has 1 aliphatic carbocycles. The van der Waals surface area contributed by atoms with Crippen LogP contribution in [0, 0.1) is 6.07 Å². The van der Waals surface area contributed by atoms with Crippen LogP contribution in [0.1, 0.15) is 37.0 Å². The van der Waals surface area contributed by atoms with E-state index < -0.39 is 0 Å². The number of fused-ring (bicyclic) bond motifs is 3. The summed E-state index contributed by atoms with van der Waals surface area (Å²) in [6.07, 6.45) is 2.12. The molecule has 6 heteroatoms. The zero-order valence-electron chi connectivity index (χ0n) is 19.5. The first-order chi connectivity index (χ1) is 16.5. The summed E-state index contributed by atoms with van der Waals surface area (Å²) >= 11 is 1.86. The van der Waals surface area contributed by atoms with Gasteiger partial charge in [0.25, 0.3) is 0 Å². The zero-order valence-corrected chi connectivity index (χ0v) is 22.6. The molecule has 2 atom stereocenters. The second-order valence-electron chi connectivity index (χ2n) is 9.49. The molecule has 2 heterocycles. The van der Waals surface area contributed by atoms with E-state index in [4.69, 9.17) is 9.73 Å². The second kappa shape index (κ2) is 9.44. The van der Waals surface area contributed by atoms with E-state index in [9.17, 15) is 5.11 Å². The molecule has 4 nitrogen and oxygen atoms in total. The predicted molar refractivity (Wildman–Crippen MR) is 138 cm³/mol. The second-order valence-corrected chi connectivity index (χ2v) is 10.6. The third-order valence-corrected chi connectivity index (χ3v) is 8.60. The number of aliphatic imine (C=N–C) groups is 1. The number of nitrogens with zero attached hydrogens (tertiary/aromatic N) is 2. The molecule has 3 aromatic carbocycles. The smallest absolute Gasteiger partial charge is 0.217 e. The van der Waals surface area contributed by atoms with Crippen molar-refractivity contribution in [3.8, 4) is 17.4 Å². The van der Waals surface area contributed by atoms with E-state index in [1.807, 2.05) is 48.2 Å². The minimum Gasteiger partial charge on any atom is -0.506 e. The topological polar surface area (TPSA) is 54.7 Å². The van der Waals surface area contributed by atoms with Gasteiger partial charge in [0.15, 0.2) is 0 Å². The van der Waals surface area contributed by atoms with E-state index in [1.165, 1.54) is 11.1 Å². The molecule has 0 bridgehead atoms. The van der Waals surface area contributed by atoms with Gasteiger partial charge in [0.1, 0.15) is 11.3 Å². The van der Waals surface area contributed by atoms with Crippen molar-refractivity contribution in [2.24, 2.45) is 4.99 Å². The number of hydrogen-bond acceptors (Lipinski definition) is 5. The van der Waals surface area contributed by atoms with Crippen LogP contribution < -0.4 is 4.74 Å². The minimum atomic E-state index is 0. The maximum absolute atomic E-state index is 10.1. The number of benzene rings is 3. The number of aromatic hydroxyl groups is 1. The Labute approximate surface area is 224 Å². The number of phenols is 1. The first-order valence-electron chi connectivity index (χ1n) is 11.6. The predicted octanol–water partition coefficient (Wildman–Crippen LogP) is 6.68. The summed E-state index contributed by atoms with van der Waals surface area (Å²) in [6.45, 7) is 4.70.